The van der Waals surface area contributed by atoms with Gasteiger partial charge in [-0.15, -0.1) is 0 Å². The van der Waals surface area contributed by atoms with E-state index in [1.807, 2.05) is 0 Å². The van der Waals surface area contributed by atoms with Crippen molar-refractivity contribution in [3.8, 4) is 0 Å². The molecule has 0 aromatic rings. The van der Waals surface area contributed by atoms with Crippen LogP contribution < -0.4 is 5.32 Å². The molecule has 0 aromatic carbocycles. The van der Waals surface area contributed by atoms with Gasteiger partial charge in [0.1, 0.15) is 0 Å². The third-order valence-electron chi connectivity index (χ3n) is 5.61. The molecule has 216 valence electrons. The third kappa shape index (κ3) is 25.4. The summed E-state index contributed by atoms with van der Waals surface area (Å²) in [6.07, 6.45) is 34.7. The molecule has 2 unspecified atom stereocenters. The number of rotatable bonds is 23. The summed E-state index contributed by atoms with van der Waals surface area (Å²) in [5.41, 5.74) is 0. The van der Waals surface area contributed by atoms with E-state index in [1.54, 1.807) is 6.08 Å². The van der Waals surface area contributed by atoms with Crippen molar-refractivity contribution in [1.29, 1.82) is 0 Å². The van der Waals surface area contributed by atoms with Crippen molar-refractivity contribution in [2.24, 2.45) is 0 Å². The minimum Gasteiger partial charge on any atom is -0.387 e. The smallest absolute Gasteiger partial charge is 0.267 e. The predicted molar refractivity (Wildman–Crippen MR) is 161 cm³/mol. The number of carbonyl (C=O) groups excluding carboxylic acids is 1. The molecule has 3 N–H and O–H groups in total. The zero-order valence-corrected chi connectivity index (χ0v) is 24.3. The Labute approximate surface area is 232 Å². The van der Waals surface area contributed by atoms with Crippen LogP contribution in [0.1, 0.15) is 97.3 Å². The normalized spacial score (nSPS) is 14.7. The van der Waals surface area contributed by atoms with E-state index in [4.69, 9.17) is 0 Å². The standard InChI is InChI=1S/C31H51NO5S/c1-3-5-7-9-11-13-15-16-17-19-21-23-25-27-31(34)32-29(28-38(35,36)37)30(33)26-24-22-20-18-14-12-10-8-6-4-2/h5-8,11,13-14,16-18,24,26,29-30,33H,3-4,9-10,12,15,19-23,25,27-28H2,1-2H3,(H,32,34)(H,35,36,37)/b7-5-,8-6+,13-11-,17-16-,18-14+,26-24+. The summed E-state index contributed by atoms with van der Waals surface area (Å²) in [6, 6.07) is -1.09. The van der Waals surface area contributed by atoms with E-state index < -0.39 is 28.0 Å². The maximum absolute atomic E-state index is 12.3. The van der Waals surface area contributed by atoms with Gasteiger partial charge >= 0.3 is 0 Å². The Morgan fingerprint density at radius 3 is 1.82 bits per heavy atom. The van der Waals surface area contributed by atoms with Gasteiger partial charge in [0.2, 0.25) is 5.91 Å². The van der Waals surface area contributed by atoms with Crippen molar-refractivity contribution in [3.63, 3.8) is 0 Å². The van der Waals surface area contributed by atoms with Gasteiger partial charge in [-0.1, -0.05) is 93.2 Å². The zero-order chi connectivity index (χ0) is 28.3. The highest BCUT2D eigenvalue weighted by atomic mass is 32.2. The first-order chi connectivity index (χ1) is 18.3. The molecule has 1 amide bonds. The molecule has 38 heavy (non-hydrogen) atoms. The highest BCUT2D eigenvalue weighted by Gasteiger charge is 2.24. The van der Waals surface area contributed by atoms with Gasteiger partial charge in [0, 0.05) is 6.42 Å². The minimum absolute atomic E-state index is 0.244. The minimum atomic E-state index is -4.36. The van der Waals surface area contributed by atoms with Gasteiger partial charge in [-0.2, -0.15) is 8.42 Å². The lowest BCUT2D eigenvalue weighted by molar-refractivity contribution is -0.122. The molecular formula is C31H51NO5S. The number of allylic oxidation sites excluding steroid dienone is 11. The summed E-state index contributed by atoms with van der Waals surface area (Å²) in [5.74, 6) is -1.06. The van der Waals surface area contributed by atoms with Crippen molar-refractivity contribution in [2.75, 3.05) is 5.75 Å². The van der Waals surface area contributed by atoms with Gasteiger partial charge < -0.3 is 10.4 Å². The fourth-order valence-corrected chi connectivity index (χ4v) is 4.29. The molecule has 0 aromatic heterocycles. The van der Waals surface area contributed by atoms with Crippen molar-refractivity contribution < 1.29 is 22.9 Å². The molecule has 6 nitrogen and oxygen atoms in total. The number of unbranched alkanes of at least 4 members (excludes halogenated alkanes) is 5. The quantitative estimate of drug-likeness (QED) is 0.0712. The molecule has 7 heteroatoms. The first-order valence-electron chi connectivity index (χ1n) is 14.1. The second kappa shape index (κ2) is 25.1. The molecule has 0 fully saturated rings. The van der Waals surface area contributed by atoms with Crippen molar-refractivity contribution in [3.05, 3.63) is 72.9 Å². The summed E-state index contributed by atoms with van der Waals surface area (Å²) < 4.78 is 32.0. The van der Waals surface area contributed by atoms with Gasteiger partial charge in [0.15, 0.2) is 0 Å². The lowest BCUT2D eigenvalue weighted by Crippen LogP contribution is -2.46. The van der Waals surface area contributed by atoms with Crippen molar-refractivity contribution in [2.45, 2.75) is 109 Å². The number of hydrogen-bond donors (Lipinski definition) is 3. The number of carbonyl (C=O) groups is 1. The molecule has 0 saturated carbocycles. The van der Waals surface area contributed by atoms with Crippen LogP contribution in [0.2, 0.25) is 0 Å². The molecule has 2 atom stereocenters. The molecule has 0 spiro atoms. The maximum Gasteiger partial charge on any atom is 0.267 e. The van der Waals surface area contributed by atoms with E-state index in [1.165, 1.54) is 6.08 Å². The Bertz CT molecular complexity index is 869. The molecule has 0 aliphatic carbocycles. The monoisotopic (exact) mass is 549 g/mol. The Morgan fingerprint density at radius 1 is 0.711 bits per heavy atom. The van der Waals surface area contributed by atoms with E-state index in [9.17, 15) is 22.9 Å². The van der Waals surface area contributed by atoms with Gasteiger partial charge in [-0.25, -0.2) is 0 Å². The molecular weight excluding hydrogens is 498 g/mol. The van der Waals surface area contributed by atoms with Crippen LogP contribution in [0.4, 0.5) is 0 Å². The first-order valence-corrected chi connectivity index (χ1v) is 15.7. The van der Waals surface area contributed by atoms with Gasteiger partial charge in [-0.05, 0) is 70.6 Å². The van der Waals surface area contributed by atoms with Crippen molar-refractivity contribution in [1.82, 2.24) is 5.32 Å². The van der Waals surface area contributed by atoms with Gasteiger partial charge in [0.25, 0.3) is 10.1 Å². The van der Waals surface area contributed by atoms with Crippen LogP contribution in [0.15, 0.2) is 72.9 Å². The fraction of sp³-hybridized carbons (Fsp3) is 0.581. The molecule has 0 bridgehead atoms. The molecule has 0 radical (unpaired) electrons. The third-order valence-corrected chi connectivity index (χ3v) is 6.39. The summed E-state index contributed by atoms with van der Waals surface area (Å²) in [5, 5.41) is 13.0. The summed E-state index contributed by atoms with van der Waals surface area (Å²) in [7, 11) is -4.36. The topological polar surface area (TPSA) is 104 Å². The first kappa shape index (κ1) is 35.8. The maximum atomic E-state index is 12.3. The molecule has 0 rings (SSSR count). The number of aliphatic hydroxyl groups excluding tert-OH is 1. The Balaban J connectivity index is 4.29. The average Bonchev–Trinajstić information content (AvgIpc) is 2.86. The molecule has 0 aliphatic heterocycles. The summed E-state index contributed by atoms with van der Waals surface area (Å²) >= 11 is 0. The van der Waals surface area contributed by atoms with Crippen LogP contribution in [0.25, 0.3) is 0 Å². The SMILES string of the molecule is CC/C=C\C/C=C\C/C=C\CCCCCC(=O)NC(CS(=O)(=O)O)C(O)/C=C/CC/C=C/CC/C=C/CC. The van der Waals surface area contributed by atoms with Gasteiger partial charge in [0.05, 0.1) is 17.9 Å². The highest BCUT2D eigenvalue weighted by molar-refractivity contribution is 7.85. The predicted octanol–water partition coefficient (Wildman–Crippen LogP) is 7.17. The second-order valence-corrected chi connectivity index (χ2v) is 10.7. The van der Waals surface area contributed by atoms with E-state index in [0.717, 1.165) is 64.2 Å². The van der Waals surface area contributed by atoms with E-state index in [0.29, 0.717) is 12.8 Å². The molecule has 0 heterocycles. The number of amides is 1. The number of aliphatic hydroxyl groups is 1. The second-order valence-electron chi connectivity index (χ2n) is 9.24. The van der Waals surface area contributed by atoms with Crippen molar-refractivity contribution >= 4 is 16.0 Å². The highest BCUT2D eigenvalue weighted by Crippen LogP contribution is 2.07. The number of hydrogen-bond acceptors (Lipinski definition) is 4. The molecule has 0 aliphatic rings. The summed E-state index contributed by atoms with van der Waals surface area (Å²) in [6.45, 7) is 4.23. The Kier molecular flexibility index (Phi) is 23.6. The number of nitrogens with one attached hydrogen (secondary N) is 1. The van der Waals surface area contributed by atoms with Crippen LogP contribution in [-0.4, -0.2) is 41.9 Å². The Hall–Kier alpha value is -2.22. The largest absolute Gasteiger partial charge is 0.387 e. The van der Waals surface area contributed by atoms with E-state index in [2.05, 4.69) is 79.9 Å². The zero-order valence-electron chi connectivity index (χ0n) is 23.5. The van der Waals surface area contributed by atoms with E-state index in [-0.39, 0.29) is 12.3 Å². The van der Waals surface area contributed by atoms with Crippen LogP contribution in [-0.2, 0) is 14.9 Å². The van der Waals surface area contributed by atoms with E-state index >= 15 is 0 Å². The van der Waals surface area contributed by atoms with Crippen LogP contribution in [0.5, 0.6) is 0 Å². The lowest BCUT2D eigenvalue weighted by Gasteiger charge is -2.21. The fourth-order valence-electron chi connectivity index (χ4n) is 3.56. The average molecular weight is 550 g/mol. The van der Waals surface area contributed by atoms with Crippen LogP contribution >= 0.6 is 0 Å². The van der Waals surface area contributed by atoms with Gasteiger partial charge in [-0.3, -0.25) is 9.35 Å². The molecule has 0 saturated heterocycles. The van der Waals surface area contributed by atoms with Crippen LogP contribution in [0.3, 0.4) is 0 Å². The Morgan fingerprint density at radius 2 is 1.21 bits per heavy atom. The van der Waals surface area contributed by atoms with Crippen LogP contribution in [0, 0.1) is 0 Å². The summed E-state index contributed by atoms with van der Waals surface area (Å²) in [4.78, 5) is 12.3. The lowest BCUT2D eigenvalue weighted by atomic mass is 10.1.